The van der Waals surface area contributed by atoms with E-state index >= 15 is 0 Å². The topological polar surface area (TPSA) is 48.1 Å². The third-order valence-corrected chi connectivity index (χ3v) is 7.20. The van der Waals surface area contributed by atoms with Gasteiger partial charge in [0.2, 0.25) is 0 Å². The second kappa shape index (κ2) is 9.67. The van der Waals surface area contributed by atoms with Crippen LogP contribution in [0.25, 0.3) is 0 Å². The minimum Gasteiger partial charge on any atom is -0.304 e. The Morgan fingerprint density at radius 2 is 0.792 bits per heavy atom. The molecular formula is C19H40N4Si. The fraction of sp³-hybridized carbons (Fsp3) is 1.00. The van der Waals surface area contributed by atoms with Crippen molar-refractivity contribution in [3.63, 3.8) is 0 Å². The molecule has 0 aromatic heterocycles. The Balaban J connectivity index is 1.65. The van der Waals surface area contributed by atoms with Gasteiger partial charge in [0.05, 0.1) is 10.4 Å². The van der Waals surface area contributed by atoms with Gasteiger partial charge < -0.3 is 4.98 Å². The first-order valence-corrected chi connectivity index (χ1v) is 11.8. The maximum atomic E-state index is 4.02. The highest BCUT2D eigenvalue weighted by Gasteiger charge is 2.35. The first-order valence-electron chi connectivity index (χ1n) is 10.8. The van der Waals surface area contributed by atoms with Crippen LogP contribution in [0.4, 0.5) is 0 Å². The lowest BCUT2D eigenvalue weighted by atomic mass is 9.93. The van der Waals surface area contributed by atoms with E-state index in [0.29, 0.717) is 18.1 Å². The summed E-state index contributed by atoms with van der Waals surface area (Å²) in [4.78, 5) is 3.76. The van der Waals surface area contributed by atoms with Crippen LogP contribution < -0.4 is 20.9 Å². The third kappa shape index (κ3) is 5.53. The molecule has 3 aliphatic rings. The molecule has 0 saturated heterocycles. The molecule has 24 heavy (non-hydrogen) atoms. The fourth-order valence-electron chi connectivity index (χ4n) is 5.00. The van der Waals surface area contributed by atoms with Crippen molar-refractivity contribution in [2.24, 2.45) is 0 Å². The Bertz CT molecular complexity index is 297. The van der Waals surface area contributed by atoms with Crippen LogP contribution in [-0.4, -0.2) is 34.4 Å². The molecule has 4 nitrogen and oxygen atoms in total. The number of rotatable bonds is 7. The van der Waals surface area contributed by atoms with Gasteiger partial charge in [-0.2, -0.15) is 0 Å². The zero-order chi connectivity index (χ0) is 16.7. The molecule has 4 N–H and O–H groups in total. The number of hydrogen-bond acceptors (Lipinski definition) is 4. The Kier molecular flexibility index (Phi) is 7.59. The van der Waals surface area contributed by atoms with Crippen LogP contribution in [0.1, 0.15) is 96.3 Å². The lowest BCUT2D eigenvalue weighted by Crippen LogP contribution is -2.79. The molecule has 3 rings (SSSR count). The predicted molar refractivity (Wildman–Crippen MR) is 106 cm³/mol. The highest BCUT2D eigenvalue weighted by Crippen LogP contribution is 2.23. The molecule has 0 aliphatic heterocycles. The van der Waals surface area contributed by atoms with Crippen molar-refractivity contribution in [2.45, 2.75) is 120 Å². The highest BCUT2D eigenvalue weighted by molar-refractivity contribution is 6.04. The summed E-state index contributed by atoms with van der Waals surface area (Å²) in [5.74, 6) is -0.224. The van der Waals surface area contributed by atoms with Crippen molar-refractivity contribution in [3.8, 4) is 0 Å². The molecule has 0 aromatic rings. The molecule has 0 bridgehead atoms. The minimum absolute atomic E-state index is 0.224. The molecule has 0 spiro atoms. The third-order valence-electron chi connectivity index (χ3n) is 6.45. The van der Waals surface area contributed by atoms with E-state index in [1.54, 1.807) is 0 Å². The first-order chi connectivity index (χ1) is 11.8. The molecule has 3 saturated carbocycles. The van der Waals surface area contributed by atoms with Crippen LogP contribution in [0.15, 0.2) is 0 Å². The summed E-state index contributed by atoms with van der Waals surface area (Å²) in [6.07, 6.45) is 20.6. The van der Waals surface area contributed by atoms with Gasteiger partial charge in [0.25, 0.3) is 0 Å². The standard InChI is InChI=1S/C19H40N4Si/c24-23-19(20-16-10-4-1-5-11-16,21-17-12-6-2-7-13-17)22-18-14-8-3-9-15-18/h16-18,20-23H,1-15H2,24H3. The van der Waals surface area contributed by atoms with E-state index in [1.807, 2.05) is 0 Å². The molecule has 5 heteroatoms. The Morgan fingerprint density at radius 3 is 1.04 bits per heavy atom. The van der Waals surface area contributed by atoms with E-state index in [1.165, 1.54) is 96.3 Å². The molecule has 0 radical (unpaired) electrons. The Labute approximate surface area is 152 Å². The van der Waals surface area contributed by atoms with E-state index < -0.39 is 0 Å². The van der Waals surface area contributed by atoms with Crippen LogP contribution in [-0.2, 0) is 0 Å². The van der Waals surface area contributed by atoms with Crippen molar-refractivity contribution in [2.75, 3.05) is 0 Å². The van der Waals surface area contributed by atoms with E-state index in [2.05, 4.69) is 20.9 Å². The van der Waals surface area contributed by atoms with Crippen molar-refractivity contribution in [3.05, 3.63) is 0 Å². The monoisotopic (exact) mass is 352 g/mol. The van der Waals surface area contributed by atoms with Crippen LogP contribution in [0, 0.1) is 0 Å². The Hall–Kier alpha value is 0.0569. The molecule has 0 unspecified atom stereocenters. The van der Waals surface area contributed by atoms with Gasteiger partial charge in [0.1, 0.15) is 0 Å². The maximum Gasteiger partial charge on any atom is 0.175 e. The SMILES string of the molecule is [SiH3]NC(NC1CCCCC1)(NC1CCCCC1)NC1CCCCC1. The summed E-state index contributed by atoms with van der Waals surface area (Å²) in [6.45, 7) is 0. The van der Waals surface area contributed by atoms with Gasteiger partial charge in [-0.1, -0.05) is 57.8 Å². The minimum atomic E-state index is -0.224. The summed E-state index contributed by atoms with van der Waals surface area (Å²) in [5, 5.41) is 12.0. The molecular weight excluding hydrogens is 312 g/mol. The lowest BCUT2D eigenvalue weighted by Gasteiger charge is -2.46. The molecule has 140 valence electrons. The first kappa shape index (κ1) is 18.8. The van der Waals surface area contributed by atoms with Crippen molar-refractivity contribution < 1.29 is 0 Å². The van der Waals surface area contributed by atoms with E-state index in [0.717, 1.165) is 10.4 Å². The maximum absolute atomic E-state index is 4.02. The summed E-state index contributed by atoms with van der Waals surface area (Å²) in [6, 6.07) is 1.98. The van der Waals surface area contributed by atoms with Gasteiger partial charge in [0, 0.05) is 18.1 Å². The lowest BCUT2D eigenvalue weighted by molar-refractivity contribution is 0.0943. The van der Waals surface area contributed by atoms with Gasteiger partial charge in [-0.15, -0.1) is 0 Å². The van der Waals surface area contributed by atoms with E-state index in [-0.39, 0.29) is 5.91 Å². The van der Waals surface area contributed by atoms with Gasteiger partial charge in [-0.3, -0.25) is 16.0 Å². The average molecular weight is 353 g/mol. The van der Waals surface area contributed by atoms with Crippen molar-refractivity contribution >= 4 is 10.4 Å². The molecule has 0 heterocycles. The normalized spacial score (nSPS) is 26.0. The zero-order valence-electron chi connectivity index (χ0n) is 15.8. The molecule has 0 atom stereocenters. The van der Waals surface area contributed by atoms with E-state index in [9.17, 15) is 0 Å². The van der Waals surface area contributed by atoms with Crippen molar-refractivity contribution in [1.29, 1.82) is 0 Å². The summed E-state index contributed by atoms with van der Waals surface area (Å²) < 4.78 is 0. The van der Waals surface area contributed by atoms with Gasteiger partial charge in [-0.25, -0.2) is 0 Å². The summed E-state index contributed by atoms with van der Waals surface area (Å²) in [7, 11) is 0.999. The average Bonchev–Trinajstić information content (AvgIpc) is 2.64. The van der Waals surface area contributed by atoms with Gasteiger partial charge in [0.15, 0.2) is 5.91 Å². The van der Waals surface area contributed by atoms with Crippen molar-refractivity contribution in [1.82, 2.24) is 20.9 Å². The quantitative estimate of drug-likeness (QED) is 0.419. The fourth-order valence-corrected chi connectivity index (χ4v) is 5.43. The second-order valence-corrected chi connectivity index (χ2v) is 8.94. The van der Waals surface area contributed by atoms with Gasteiger partial charge >= 0.3 is 0 Å². The van der Waals surface area contributed by atoms with Crippen LogP contribution in [0.3, 0.4) is 0 Å². The number of hydrogen-bond donors (Lipinski definition) is 4. The van der Waals surface area contributed by atoms with Gasteiger partial charge in [-0.05, 0) is 38.5 Å². The summed E-state index contributed by atoms with van der Waals surface area (Å²) in [5.41, 5.74) is 0. The van der Waals surface area contributed by atoms with E-state index in [4.69, 9.17) is 0 Å². The molecule has 0 aromatic carbocycles. The second-order valence-electron chi connectivity index (χ2n) is 8.44. The predicted octanol–water partition coefficient (Wildman–Crippen LogP) is 2.23. The summed E-state index contributed by atoms with van der Waals surface area (Å²) >= 11 is 0. The number of nitrogens with one attached hydrogen (secondary N) is 4. The Morgan fingerprint density at radius 1 is 0.500 bits per heavy atom. The zero-order valence-corrected chi connectivity index (χ0v) is 17.8. The van der Waals surface area contributed by atoms with Crippen LogP contribution in [0.2, 0.25) is 0 Å². The largest absolute Gasteiger partial charge is 0.304 e. The molecule has 3 fully saturated rings. The molecule has 0 amide bonds. The van der Waals surface area contributed by atoms with Crippen LogP contribution in [0.5, 0.6) is 0 Å². The smallest absolute Gasteiger partial charge is 0.175 e. The highest BCUT2D eigenvalue weighted by atomic mass is 28.2. The molecule has 3 aliphatic carbocycles. The van der Waals surface area contributed by atoms with Crippen LogP contribution >= 0.6 is 0 Å².